The van der Waals surface area contributed by atoms with Crippen molar-refractivity contribution >= 4 is 12.4 Å². The van der Waals surface area contributed by atoms with E-state index in [1.54, 1.807) is 6.08 Å². The Hall–Kier alpha value is -0.920. The van der Waals surface area contributed by atoms with E-state index in [2.05, 4.69) is 0 Å². The SMILES string of the molecule is CC.CC(C)/C(C=N)=C/C=N. The van der Waals surface area contributed by atoms with Crippen molar-refractivity contribution in [1.29, 1.82) is 10.8 Å². The molecule has 0 saturated heterocycles. The van der Waals surface area contributed by atoms with Crippen molar-refractivity contribution < 1.29 is 0 Å². The lowest BCUT2D eigenvalue weighted by molar-refractivity contribution is 0.807. The highest BCUT2D eigenvalue weighted by molar-refractivity contribution is 5.84. The third-order valence-electron chi connectivity index (χ3n) is 1.11. The topological polar surface area (TPSA) is 47.7 Å². The summed E-state index contributed by atoms with van der Waals surface area (Å²) in [7, 11) is 0. The Morgan fingerprint density at radius 2 is 1.64 bits per heavy atom. The average Bonchev–Trinajstić information content (AvgIpc) is 2.03. The maximum atomic E-state index is 6.90. The van der Waals surface area contributed by atoms with Crippen LogP contribution in [0.3, 0.4) is 0 Å². The van der Waals surface area contributed by atoms with Crippen molar-refractivity contribution in [2.45, 2.75) is 27.7 Å². The number of nitrogens with one attached hydrogen (secondary N) is 2. The molecule has 0 aliphatic heterocycles. The quantitative estimate of drug-likeness (QED) is 0.587. The van der Waals surface area contributed by atoms with E-state index in [4.69, 9.17) is 10.8 Å². The van der Waals surface area contributed by atoms with E-state index in [0.29, 0.717) is 5.92 Å². The van der Waals surface area contributed by atoms with Crippen molar-refractivity contribution in [3.05, 3.63) is 11.6 Å². The van der Waals surface area contributed by atoms with Gasteiger partial charge in [0.2, 0.25) is 0 Å². The van der Waals surface area contributed by atoms with Crippen LogP contribution >= 0.6 is 0 Å². The van der Waals surface area contributed by atoms with Gasteiger partial charge < -0.3 is 10.8 Å². The molecule has 0 aliphatic rings. The lowest BCUT2D eigenvalue weighted by Gasteiger charge is -2.01. The highest BCUT2D eigenvalue weighted by Gasteiger charge is 1.95. The zero-order chi connectivity index (χ0) is 9.28. The first-order valence-electron chi connectivity index (χ1n) is 3.93. The highest BCUT2D eigenvalue weighted by Crippen LogP contribution is 2.03. The van der Waals surface area contributed by atoms with Crippen LogP contribution in [0.15, 0.2) is 11.6 Å². The first-order valence-corrected chi connectivity index (χ1v) is 3.93. The average molecular weight is 154 g/mol. The highest BCUT2D eigenvalue weighted by atomic mass is 14.3. The Morgan fingerprint density at radius 3 is 1.73 bits per heavy atom. The monoisotopic (exact) mass is 154 g/mol. The van der Waals surface area contributed by atoms with Gasteiger partial charge in [0.25, 0.3) is 0 Å². The molecule has 64 valence electrons. The van der Waals surface area contributed by atoms with Gasteiger partial charge in [-0.2, -0.15) is 0 Å². The first-order chi connectivity index (χ1) is 5.22. The molecule has 0 spiro atoms. The third-order valence-corrected chi connectivity index (χ3v) is 1.11. The molecule has 0 aromatic carbocycles. The zero-order valence-electron chi connectivity index (χ0n) is 7.81. The van der Waals surface area contributed by atoms with Crippen molar-refractivity contribution in [3.63, 3.8) is 0 Å². The van der Waals surface area contributed by atoms with Crippen molar-refractivity contribution in [1.82, 2.24) is 0 Å². The molecule has 0 rings (SSSR count). The molecule has 0 saturated carbocycles. The minimum Gasteiger partial charge on any atom is -0.309 e. The second-order valence-corrected chi connectivity index (χ2v) is 2.13. The van der Waals surface area contributed by atoms with Crippen LogP contribution in [-0.4, -0.2) is 12.4 Å². The molecule has 0 unspecified atom stereocenters. The van der Waals surface area contributed by atoms with Gasteiger partial charge in [-0.1, -0.05) is 27.7 Å². The number of allylic oxidation sites excluding steroid dienone is 2. The van der Waals surface area contributed by atoms with E-state index in [0.717, 1.165) is 5.57 Å². The van der Waals surface area contributed by atoms with Gasteiger partial charge >= 0.3 is 0 Å². The van der Waals surface area contributed by atoms with Crippen LogP contribution in [0, 0.1) is 16.7 Å². The molecule has 0 aliphatic carbocycles. The second-order valence-electron chi connectivity index (χ2n) is 2.13. The summed E-state index contributed by atoms with van der Waals surface area (Å²) < 4.78 is 0. The van der Waals surface area contributed by atoms with Crippen LogP contribution in [0.4, 0.5) is 0 Å². The summed E-state index contributed by atoms with van der Waals surface area (Å²) in [6.07, 6.45) is 4.13. The van der Waals surface area contributed by atoms with Crippen LogP contribution in [0.25, 0.3) is 0 Å². The summed E-state index contributed by atoms with van der Waals surface area (Å²) in [4.78, 5) is 0. The first kappa shape index (κ1) is 12.7. The van der Waals surface area contributed by atoms with Crippen LogP contribution < -0.4 is 0 Å². The molecule has 0 aromatic rings. The Bertz CT molecular complexity index is 134. The molecule has 2 heteroatoms. The van der Waals surface area contributed by atoms with Gasteiger partial charge in [0.15, 0.2) is 0 Å². The third kappa shape index (κ3) is 6.97. The Kier molecular flexibility index (Phi) is 10.5. The molecule has 0 bridgehead atoms. The van der Waals surface area contributed by atoms with Crippen LogP contribution in [0.1, 0.15) is 27.7 Å². The van der Waals surface area contributed by atoms with Crippen LogP contribution in [-0.2, 0) is 0 Å². The summed E-state index contributed by atoms with van der Waals surface area (Å²) in [5.41, 5.74) is 0.894. The van der Waals surface area contributed by atoms with Gasteiger partial charge in [-0.05, 0) is 17.6 Å². The summed E-state index contributed by atoms with van der Waals surface area (Å²) in [6, 6.07) is 0. The fourth-order valence-corrected chi connectivity index (χ4v) is 0.503. The van der Waals surface area contributed by atoms with Gasteiger partial charge in [0.1, 0.15) is 0 Å². The molecule has 0 aromatic heterocycles. The van der Waals surface area contributed by atoms with E-state index in [9.17, 15) is 0 Å². The summed E-state index contributed by atoms with van der Waals surface area (Å²) >= 11 is 0. The molecule has 11 heavy (non-hydrogen) atoms. The van der Waals surface area contributed by atoms with Crippen molar-refractivity contribution in [2.75, 3.05) is 0 Å². The molecular weight excluding hydrogens is 136 g/mol. The normalized spacial score (nSPS) is 10.1. The predicted molar refractivity (Wildman–Crippen MR) is 51.8 cm³/mol. The second kappa shape index (κ2) is 9.08. The molecule has 0 amide bonds. The minimum atomic E-state index is 0.351. The summed E-state index contributed by atoms with van der Waals surface area (Å²) in [5.74, 6) is 0.351. The fraction of sp³-hybridized carbons (Fsp3) is 0.556. The van der Waals surface area contributed by atoms with E-state index in [1.807, 2.05) is 27.7 Å². The fourth-order valence-electron chi connectivity index (χ4n) is 0.503. The standard InChI is InChI=1S/C7H12N2.C2H6/c1-6(2)7(5-9)3-4-8;1-2/h3-6,8-9H,1-2H3;1-2H3/b7-3+,8-4?,9-5?;. The Balaban J connectivity index is 0. The maximum Gasteiger partial charge on any atom is 0.0212 e. The van der Waals surface area contributed by atoms with Crippen molar-refractivity contribution in [3.8, 4) is 0 Å². The number of hydrogen-bond donors (Lipinski definition) is 2. The number of rotatable bonds is 3. The van der Waals surface area contributed by atoms with E-state index in [1.165, 1.54) is 12.4 Å². The van der Waals surface area contributed by atoms with Gasteiger partial charge in [0, 0.05) is 12.4 Å². The molecule has 2 nitrogen and oxygen atoms in total. The molecule has 2 N–H and O–H groups in total. The van der Waals surface area contributed by atoms with E-state index in [-0.39, 0.29) is 0 Å². The molecular formula is C9H18N2. The zero-order valence-corrected chi connectivity index (χ0v) is 7.81. The largest absolute Gasteiger partial charge is 0.309 e. The lowest BCUT2D eigenvalue weighted by atomic mass is 10.1. The molecule has 0 fully saturated rings. The lowest BCUT2D eigenvalue weighted by Crippen LogP contribution is -1.94. The number of hydrogen-bond acceptors (Lipinski definition) is 2. The van der Waals surface area contributed by atoms with Crippen molar-refractivity contribution in [2.24, 2.45) is 5.92 Å². The molecule has 0 radical (unpaired) electrons. The smallest absolute Gasteiger partial charge is 0.0212 e. The minimum absolute atomic E-state index is 0.351. The van der Waals surface area contributed by atoms with Gasteiger partial charge in [-0.15, -0.1) is 0 Å². The molecule has 0 heterocycles. The van der Waals surface area contributed by atoms with Crippen LogP contribution in [0.5, 0.6) is 0 Å². The van der Waals surface area contributed by atoms with Gasteiger partial charge in [-0.3, -0.25) is 0 Å². The van der Waals surface area contributed by atoms with Gasteiger partial charge in [0.05, 0.1) is 0 Å². The predicted octanol–water partition coefficient (Wildman–Crippen LogP) is 2.89. The Labute approximate surface area is 69.3 Å². The summed E-state index contributed by atoms with van der Waals surface area (Å²) in [5, 5.41) is 13.6. The van der Waals surface area contributed by atoms with E-state index >= 15 is 0 Å². The van der Waals surface area contributed by atoms with Gasteiger partial charge in [-0.25, -0.2) is 0 Å². The molecule has 0 atom stereocenters. The maximum absolute atomic E-state index is 6.90. The summed E-state index contributed by atoms with van der Waals surface area (Å²) in [6.45, 7) is 8.00. The van der Waals surface area contributed by atoms with E-state index < -0.39 is 0 Å². The Morgan fingerprint density at radius 1 is 1.18 bits per heavy atom. The van der Waals surface area contributed by atoms with Crippen LogP contribution in [0.2, 0.25) is 0 Å².